The molecule has 1 atom stereocenters. The minimum atomic E-state index is 0.0467. The van der Waals surface area contributed by atoms with Gasteiger partial charge in [-0.1, -0.05) is 12.1 Å². The number of ether oxygens (including phenoxy) is 1. The monoisotopic (exact) mass is 276 g/mol. The third-order valence-corrected chi connectivity index (χ3v) is 3.86. The zero-order valence-corrected chi connectivity index (χ0v) is 12.4. The lowest BCUT2D eigenvalue weighted by Crippen LogP contribution is -2.45. The van der Waals surface area contributed by atoms with E-state index < -0.39 is 0 Å². The van der Waals surface area contributed by atoms with Crippen LogP contribution in [0.25, 0.3) is 0 Å². The van der Waals surface area contributed by atoms with Crippen molar-refractivity contribution in [2.45, 2.75) is 25.8 Å². The molecule has 20 heavy (non-hydrogen) atoms. The van der Waals surface area contributed by atoms with E-state index in [1.165, 1.54) is 12.8 Å². The zero-order chi connectivity index (χ0) is 14.4. The van der Waals surface area contributed by atoms with E-state index in [1.54, 1.807) is 6.92 Å². The van der Waals surface area contributed by atoms with E-state index in [2.05, 4.69) is 17.3 Å². The lowest BCUT2D eigenvalue weighted by Gasteiger charge is -2.31. The molecule has 0 bridgehead atoms. The molecule has 1 fully saturated rings. The molecule has 4 nitrogen and oxygen atoms in total. The Morgan fingerprint density at radius 2 is 2.25 bits per heavy atom. The number of benzene rings is 1. The van der Waals surface area contributed by atoms with Gasteiger partial charge in [-0.3, -0.25) is 9.69 Å². The van der Waals surface area contributed by atoms with Gasteiger partial charge in [-0.2, -0.15) is 0 Å². The number of Topliss-reactive ketones (excluding diaryl/α,β-unsaturated/α-hetero) is 1. The maximum atomic E-state index is 11.5. The summed E-state index contributed by atoms with van der Waals surface area (Å²) >= 11 is 0. The van der Waals surface area contributed by atoms with Gasteiger partial charge in [0.15, 0.2) is 5.78 Å². The van der Waals surface area contributed by atoms with Crippen LogP contribution in [0.3, 0.4) is 0 Å². The molecule has 4 heteroatoms. The highest BCUT2D eigenvalue weighted by Crippen LogP contribution is 2.18. The van der Waals surface area contributed by atoms with Gasteiger partial charge in [0, 0.05) is 19.1 Å². The fourth-order valence-corrected chi connectivity index (χ4v) is 2.58. The van der Waals surface area contributed by atoms with Gasteiger partial charge in [-0.25, -0.2) is 0 Å². The normalized spacial score (nSPS) is 19.1. The molecular formula is C16H24N2O2. The average molecular weight is 276 g/mol. The number of ketones is 1. The fourth-order valence-electron chi connectivity index (χ4n) is 2.58. The summed E-state index contributed by atoms with van der Waals surface area (Å²) in [4.78, 5) is 13.8. The second-order valence-corrected chi connectivity index (χ2v) is 5.38. The number of nitrogens with one attached hydrogen (secondary N) is 1. The Bertz CT molecular complexity index is 442. The molecule has 1 aliphatic heterocycles. The van der Waals surface area contributed by atoms with Gasteiger partial charge in [0.1, 0.15) is 12.4 Å². The van der Waals surface area contributed by atoms with Crippen molar-refractivity contribution in [2.75, 3.05) is 33.3 Å². The van der Waals surface area contributed by atoms with Crippen LogP contribution in [0, 0.1) is 0 Å². The van der Waals surface area contributed by atoms with Crippen LogP contribution < -0.4 is 10.1 Å². The van der Waals surface area contributed by atoms with Crippen LogP contribution in [0.4, 0.5) is 0 Å². The molecular weight excluding hydrogens is 252 g/mol. The van der Waals surface area contributed by atoms with Crippen molar-refractivity contribution >= 4 is 5.78 Å². The number of hydrogen-bond acceptors (Lipinski definition) is 4. The van der Waals surface area contributed by atoms with Crippen LogP contribution in [0.15, 0.2) is 24.3 Å². The molecule has 0 spiro atoms. The number of hydrogen-bond donors (Lipinski definition) is 1. The Hall–Kier alpha value is -1.39. The van der Waals surface area contributed by atoms with Gasteiger partial charge < -0.3 is 10.1 Å². The van der Waals surface area contributed by atoms with Gasteiger partial charge in [-0.15, -0.1) is 0 Å². The fraction of sp³-hybridized carbons (Fsp3) is 0.562. The standard InChI is InChI=1S/C16H24N2O2/c1-13(19)15-7-3-4-8-16(15)20-11-10-18(2)14-6-5-9-17-12-14/h3-4,7-8,14,17H,5-6,9-12H2,1-2H3. The number of carbonyl (C=O) groups is 1. The first kappa shape index (κ1) is 15.0. The lowest BCUT2D eigenvalue weighted by molar-refractivity contribution is 0.101. The van der Waals surface area contributed by atoms with Crippen molar-refractivity contribution in [3.8, 4) is 5.75 Å². The minimum absolute atomic E-state index is 0.0467. The molecule has 1 aliphatic rings. The Labute approximate surface area is 121 Å². The summed E-state index contributed by atoms with van der Waals surface area (Å²) in [6.45, 7) is 5.24. The van der Waals surface area contributed by atoms with Crippen LogP contribution >= 0.6 is 0 Å². The van der Waals surface area contributed by atoms with Crippen LogP contribution in [0.1, 0.15) is 30.1 Å². The van der Waals surface area contributed by atoms with E-state index in [0.717, 1.165) is 19.6 Å². The predicted molar refractivity (Wildman–Crippen MR) is 80.5 cm³/mol. The number of likely N-dealkylation sites (N-methyl/N-ethyl adjacent to an activating group) is 1. The summed E-state index contributed by atoms with van der Waals surface area (Å²) in [5.74, 6) is 0.737. The smallest absolute Gasteiger partial charge is 0.163 e. The van der Waals surface area contributed by atoms with Gasteiger partial charge in [0.05, 0.1) is 5.56 Å². The summed E-state index contributed by atoms with van der Waals surface area (Å²) in [5, 5.41) is 3.42. The van der Waals surface area contributed by atoms with E-state index in [-0.39, 0.29) is 5.78 Å². The topological polar surface area (TPSA) is 41.6 Å². The summed E-state index contributed by atoms with van der Waals surface area (Å²) in [7, 11) is 2.14. The van der Waals surface area contributed by atoms with Crippen molar-refractivity contribution in [1.82, 2.24) is 10.2 Å². The molecule has 0 aromatic heterocycles. The number of carbonyl (C=O) groups excluding carboxylic acids is 1. The number of para-hydroxylation sites is 1. The first-order valence-electron chi connectivity index (χ1n) is 7.32. The quantitative estimate of drug-likeness (QED) is 0.806. The molecule has 1 unspecified atom stereocenters. The largest absolute Gasteiger partial charge is 0.491 e. The van der Waals surface area contributed by atoms with Crippen LogP contribution in [-0.2, 0) is 0 Å². The van der Waals surface area contributed by atoms with Crippen molar-refractivity contribution in [1.29, 1.82) is 0 Å². The molecule has 1 aromatic carbocycles. The van der Waals surface area contributed by atoms with E-state index in [1.807, 2.05) is 24.3 Å². The number of piperidine rings is 1. The molecule has 1 N–H and O–H groups in total. The van der Waals surface area contributed by atoms with Crippen LogP contribution in [-0.4, -0.2) is 50.0 Å². The predicted octanol–water partition coefficient (Wildman–Crippen LogP) is 1.95. The number of nitrogens with zero attached hydrogens (tertiary/aromatic N) is 1. The zero-order valence-electron chi connectivity index (χ0n) is 12.4. The third kappa shape index (κ3) is 4.05. The SMILES string of the molecule is CC(=O)c1ccccc1OCCN(C)C1CCCNC1. The highest BCUT2D eigenvalue weighted by atomic mass is 16.5. The maximum absolute atomic E-state index is 11.5. The van der Waals surface area contributed by atoms with E-state index in [4.69, 9.17) is 4.74 Å². The van der Waals surface area contributed by atoms with Gasteiger partial charge >= 0.3 is 0 Å². The molecule has 0 aliphatic carbocycles. The van der Waals surface area contributed by atoms with Crippen molar-refractivity contribution in [2.24, 2.45) is 0 Å². The average Bonchev–Trinajstić information content (AvgIpc) is 2.48. The lowest BCUT2D eigenvalue weighted by atomic mass is 10.1. The Morgan fingerprint density at radius 1 is 1.45 bits per heavy atom. The summed E-state index contributed by atoms with van der Waals surface area (Å²) in [6, 6.07) is 8.03. The van der Waals surface area contributed by atoms with E-state index in [0.29, 0.717) is 24.0 Å². The Morgan fingerprint density at radius 3 is 2.95 bits per heavy atom. The van der Waals surface area contributed by atoms with Gasteiger partial charge in [0.2, 0.25) is 0 Å². The first-order valence-corrected chi connectivity index (χ1v) is 7.32. The van der Waals surface area contributed by atoms with E-state index in [9.17, 15) is 4.79 Å². The highest BCUT2D eigenvalue weighted by molar-refractivity contribution is 5.96. The maximum Gasteiger partial charge on any atom is 0.163 e. The molecule has 0 amide bonds. The molecule has 1 heterocycles. The minimum Gasteiger partial charge on any atom is -0.491 e. The van der Waals surface area contributed by atoms with Crippen LogP contribution in [0.2, 0.25) is 0 Å². The molecule has 0 radical (unpaired) electrons. The number of rotatable bonds is 6. The molecule has 1 saturated heterocycles. The molecule has 110 valence electrons. The van der Waals surface area contributed by atoms with Crippen LogP contribution in [0.5, 0.6) is 5.75 Å². The summed E-state index contributed by atoms with van der Waals surface area (Å²) < 4.78 is 5.78. The summed E-state index contributed by atoms with van der Waals surface area (Å²) in [5.41, 5.74) is 0.662. The van der Waals surface area contributed by atoms with Gasteiger partial charge in [0.25, 0.3) is 0 Å². The second kappa shape index (κ2) is 7.41. The van der Waals surface area contributed by atoms with Crippen molar-refractivity contribution < 1.29 is 9.53 Å². The second-order valence-electron chi connectivity index (χ2n) is 5.38. The molecule has 0 saturated carbocycles. The van der Waals surface area contributed by atoms with Gasteiger partial charge in [-0.05, 0) is 45.5 Å². The van der Waals surface area contributed by atoms with Crippen molar-refractivity contribution in [3.05, 3.63) is 29.8 Å². The summed E-state index contributed by atoms with van der Waals surface area (Å²) in [6.07, 6.45) is 2.48. The Balaban J connectivity index is 1.82. The molecule has 1 aromatic rings. The van der Waals surface area contributed by atoms with E-state index >= 15 is 0 Å². The Kier molecular flexibility index (Phi) is 5.56. The van der Waals surface area contributed by atoms with Crippen molar-refractivity contribution in [3.63, 3.8) is 0 Å². The third-order valence-electron chi connectivity index (χ3n) is 3.86. The molecule has 2 rings (SSSR count). The first-order chi connectivity index (χ1) is 9.68. The highest BCUT2D eigenvalue weighted by Gasteiger charge is 2.17.